The van der Waals surface area contributed by atoms with Crippen molar-refractivity contribution in [3.8, 4) is 5.75 Å². The number of rotatable bonds is 5. The molecule has 0 N–H and O–H groups in total. The predicted octanol–water partition coefficient (Wildman–Crippen LogP) is 4.40. The third kappa shape index (κ3) is 3.51. The van der Waals surface area contributed by atoms with Gasteiger partial charge in [-0.25, -0.2) is 4.79 Å². The number of benzene rings is 1. The van der Waals surface area contributed by atoms with E-state index in [2.05, 4.69) is 13.8 Å². The van der Waals surface area contributed by atoms with E-state index in [0.29, 0.717) is 13.2 Å². The summed E-state index contributed by atoms with van der Waals surface area (Å²) in [7, 11) is 0. The summed E-state index contributed by atoms with van der Waals surface area (Å²) < 4.78 is 17.1. The van der Waals surface area contributed by atoms with Gasteiger partial charge in [0.1, 0.15) is 11.9 Å². The lowest BCUT2D eigenvalue weighted by Crippen LogP contribution is -2.35. The van der Waals surface area contributed by atoms with Gasteiger partial charge in [-0.2, -0.15) is 0 Å². The van der Waals surface area contributed by atoms with Crippen molar-refractivity contribution in [2.75, 3.05) is 6.54 Å². The Morgan fingerprint density at radius 1 is 1.38 bits per heavy atom. The summed E-state index contributed by atoms with van der Waals surface area (Å²) in [6.07, 6.45) is 2.84. The highest BCUT2D eigenvalue weighted by atomic mass is 16.7. The van der Waals surface area contributed by atoms with Crippen molar-refractivity contribution < 1.29 is 19.0 Å². The number of cyclic esters (lactones) is 1. The highest BCUT2D eigenvalue weighted by Gasteiger charge is 2.36. The van der Waals surface area contributed by atoms with Gasteiger partial charge in [0.05, 0.1) is 13.2 Å². The molecule has 2 heterocycles. The number of hydrogen-bond donors (Lipinski definition) is 0. The van der Waals surface area contributed by atoms with Gasteiger partial charge in [0.2, 0.25) is 5.79 Å². The fourth-order valence-electron chi connectivity index (χ4n) is 3.23. The molecule has 5 heteroatoms. The summed E-state index contributed by atoms with van der Waals surface area (Å²) in [5.74, 6) is 0.243. The van der Waals surface area contributed by atoms with E-state index in [0.717, 1.165) is 36.1 Å². The summed E-state index contributed by atoms with van der Waals surface area (Å²) >= 11 is 0. The molecule has 0 bridgehead atoms. The van der Waals surface area contributed by atoms with Crippen LogP contribution < -0.4 is 4.74 Å². The zero-order valence-corrected chi connectivity index (χ0v) is 15.0. The average Bonchev–Trinajstić information content (AvgIpc) is 2.93. The van der Waals surface area contributed by atoms with Crippen molar-refractivity contribution in [3.63, 3.8) is 0 Å². The minimum Gasteiger partial charge on any atom is -0.463 e. The van der Waals surface area contributed by atoms with Crippen molar-refractivity contribution >= 4 is 6.09 Å². The Bertz CT molecular complexity index is 613. The normalized spacial score (nSPS) is 23.4. The van der Waals surface area contributed by atoms with E-state index in [4.69, 9.17) is 14.2 Å². The maximum Gasteiger partial charge on any atom is 0.410 e. The van der Waals surface area contributed by atoms with Crippen LogP contribution in [-0.2, 0) is 16.1 Å². The molecule has 5 nitrogen and oxygen atoms in total. The number of fused-ring (bicyclic) bond motifs is 1. The standard InChI is InChI=1S/C19H27NO4/c1-5-6-7-13(2)20-11-17(23-18(20)21)14-8-9-16-15(10-14)12-22-19(3,4)24-16/h8-10,13,17H,5-7,11-12H2,1-4H3/t13-,17?/m1/s1. The van der Waals surface area contributed by atoms with E-state index >= 15 is 0 Å². The van der Waals surface area contributed by atoms with Crippen LogP contribution in [0.4, 0.5) is 4.79 Å². The lowest BCUT2D eigenvalue weighted by Gasteiger charge is -2.32. The van der Waals surface area contributed by atoms with E-state index in [9.17, 15) is 4.79 Å². The summed E-state index contributed by atoms with van der Waals surface area (Å²) in [5.41, 5.74) is 2.00. The Morgan fingerprint density at radius 3 is 2.92 bits per heavy atom. The minimum absolute atomic E-state index is 0.213. The second-order valence-corrected chi connectivity index (χ2v) is 7.17. The Kier molecular flexibility index (Phi) is 4.72. The van der Waals surface area contributed by atoms with Gasteiger partial charge in [-0.15, -0.1) is 0 Å². The number of ether oxygens (including phenoxy) is 3. The van der Waals surface area contributed by atoms with Crippen molar-refractivity contribution in [3.05, 3.63) is 29.3 Å². The molecule has 1 amide bonds. The van der Waals surface area contributed by atoms with Gasteiger partial charge in [0.25, 0.3) is 0 Å². The highest BCUT2D eigenvalue weighted by molar-refractivity contribution is 5.70. The number of amides is 1. The first-order chi connectivity index (χ1) is 11.4. The number of hydrogen-bond acceptors (Lipinski definition) is 4. The first-order valence-corrected chi connectivity index (χ1v) is 8.82. The first-order valence-electron chi connectivity index (χ1n) is 8.82. The molecule has 2 aliphatic heterocycles. The Morgan fingerprint density at radius 2 is 2.17 bits per heavy atom. The molecule has 132 valence electrons. The Hall–Kier alpha value is -1.75. The Labute approximate surface area is 143 Å². The molecule has 2 atom stereocenters. The maximum absolute atomic E-state index is 12.2. The van der Waals surface area contributed by atoms with Crippen LogP contribution in [0.2, 0.25) is 0 Å². The van der Waals surface area contributed by atoms with Gasteiger partial charge in [0, 0.05) is 25.5 Å². The first kappa shape index (κ1) is 17.1. The molecule has 1 aromatic carbocycles. The topological polar surface area (TPSA) is 48.0 Å². The fraction of sp³-hybridized carbons (Fsp3) is 0.632. The van der Waals surface area contributed by atoms with Crippen molar-refractivity contribution in [1.82, 2.24) is 4.90 Å². The molecule has 1 saturated heterocycles. The minimum atomic E-state index is -0.597. The van der Waals surface area contributed by atoms with Gasteiger partial charge in [0.15, 0.2) is 0 Å². The third-order valence-electron chi connectivity index (χ3n) is 4.73. The molecule has 24 heavy (non-hydrogen) atoms. The van der Waals surface area contributed by atoms with Gasteiger partial charge in [-0.1, -0.05) is 25.8 Å². The van der Waals surface area contributed by atoms with E-state index in [-0.39, 0.29) is 18.2 Å². The predicted molar refractivity (Wildman–Crippen MR) is 90.9 cm³/mol. The summed E-state index contributed by atoms with van der Waals surface area (Å²) in [5, 5.41) is 0. The van der Waals surface area contributed by atoms with Crippen LogP contribution in [-0.4, -0.2) is 29.4 Å². The van der Waals surface area contributed by atoms with Crippen LogP contribution in [0.3, 0.4) is 0 Å². The van der Waals surface area contributed by atoms with Crippen LogP contribution >= 0.6 is 0 Å². The quantitative estimate of drug-likeness (QED) is 0.801. The zero-order valence-electron chi connectivity index (χ0n) is 15.0. The van der Waals surface area contributed by atoms with Gasteiger partial charge in [-0.3, -0.25) is 0 Å². The van der Waals surface area contributed by atoms with Crippen LogP contribution in [0.5, 0.6) is 5.75 Å². The lowest BCUT2D eigenvalue weighted by atomic mass is 10.0. The summed E-state index contributed by atoms with van der Waals surface area (Å²) in [6.45, 7) is 9.17. The van der Waals surface area contributed by atoms with Crippen molar-refractivity contribution in [1.29, 1.82) is 0 Å². The molecule has 1 fully saturated rings. The maximum atomic E-state index is 12.2. The van der Waals surface area contributed by atoms with Gasteiger partial charge < -0.3 is 19.1 Å². The zero-order chi connectivity index (χ0) is 17.3. The fourth-order valence-corrected chi connectivity index (χ4v) is 3.23. The second kappa shape index (κ2) is 6.63. The van der Waals surface area contributed by atoms with Crippen molar-refractivity contribution in [2.24, 2.45) is 0 Å². The Balaban J connectivity index is 1.71. The van der Waals surface area contributed by atoms with E-state index < -0.39 is 5.79 Å². The molecule has 1 unspecified atom stereocenters. The molecular formula is C19H27NO4. The van der Waals surface area contributed by atoms with Crippen molar-refractivity contribution in [2.45, 2.75) is 71.5 Å². The molecule has 0 spiro atoms. The summed E-state index contributed by atoms with van der Waals surface area (Å²) in [4.78, 5) is 14.0. The summed E-state index contributed by atoms with van der Waals surface area (Å²) in [6, 6.07) is 6.18. The molecule has 0 aliphatic carbocycles. The van der Waals surface area contributed by atoms with E-state index in [1.165, 1.54) is 0 Å². The number of carbonyl (C=O) groups is 1. The number of carbonyl (C=O) groups excluding carboxylic acids is 1. The number of unbranched alkanes of at least 4 members (excludes halogenated alkanes) is 1. The third-order valence-corrected chi connectivity index (χ3v) is 4.73. The highest BCUT2D eigenvalue weighted by Crippen LogP contribution is 2.35. The van der Waals surface area contributed by atoms with Gasteiger partial charge >= 0.3 is 6.09 Å². The molecule has 3 rings (SSSR count). The number of nitrogens with zero attached hydrogens (tertiary/aromatic N) is 1. The smallest absolute Gasteiger partial charge is 0.410 e. The largest absolute Gasteiger partial charge is 0.463 e. The monoisotopic (exact) mass is 333 g/mol. The van der Waals surface area contributed by atoms with Crippen LogP contribution in [0, 0.1) is 0 Å². The second-order valence-electron chi connectivity index (χ2n) is 7.17. The molecule has 1 aromatic rings. The van der Waals surface area contributed by atoms with Crippen LogP contribution in [0.25, 0.3) is 0 Å². The molecule has 0 aromatic heterocycles. The molecular weight excluding hydrogens is 306 g/mol. The van der Waals surface area contributed by atoms with Crippen LogP contribution in [0.15, 0.2) is 18.2 Å². The molecule has 0 radical (unpaired) electrons. The lowest BCUT2D eigenvalue weighted by molar-refractivity contribution is -0.180. The van der Waals surface area contributed by atoms with E-state index in [1.54, 1.807) is 0 Å². The SMILES string of the molecule is CCCC[C@@H](C)N1CC(c2ccc3c(c2)COC(C)(C)O3)OC1=O. The van der Waals surface area contributed by atoms with Crippen LogP contribution in [0.1, 0.15) is 64.2 Å². The molecule has 0 saturated carbocycles. The van der Waals surface area contributed by atoms with E-state index in [1.807, 2.05) is 36.9 Å². The average molecular weight is 333 g/mol. The molecule has 2 aliphatic rings. The van der Waals surface area contributed by atoms with Gasteiger partial charge in [-0.05, 0) is 31.0 Å².